The molecule has 0 bridgehead atoms. The van der Waals surface area contributed by atoms with Gasteiger partial charge in [-0.3, -0.25) is 5.10 Å². The van der Waals surface area contributed by atoms with Gasteiger partial charge < -0.3 is 15.2 Å². The highest BCUT2D eigenvalue weighted by atomic mass is 32.2. The summed E-state index contributed by atoms with van der Waals surface area (Å²) < 4.78 is 10.6. The molecule has 3 N–H and O–H groups in total. The fourth-order valence-corrected chi connectivity index (χ4v) is 2.73. The molecule has 0 radical (unpaired) electrons. The van der Waals surface area contributed by atoms with Gasteiger partial charge in [-0.15, -0.1) is 5.10 Å². The first-order valence-corrected chi connectivity index (χ1v) is 8.50. The molecule has 6 nitrogen and oxygen atoms in total. The summed E-state index contributed by atoms with van der Waals surface area (Å²) >= 11 is 1.56. The molecule has 24 heavy (non-hydrogen) atoms. The second-order valence-corrected chi connectivity index (χ2v) is 6.00. The van der Waals surface area contributed by atoms with Crippen LogP contribution < -0.4 is 15.2 Å². The zero-order valence-electron chi connectivity index (χ0n) is 14.1. The molecule has 1 aromatic heterocycles. The Labute approximate surface area is 146 Å². The van der Waals surface area contributed by atoms with Crippen LogP contribution >= 0.6 is 11.8 Å². The Morgan fingerprint density at radius 1 is 1.25 bits per heavy atom. The van der Waals surface area contributed by atoms with Crippen molar-refractivity contribution in [1.29, 1.82) is 0 Å². The normalized spacial score (nSPS) is 11.9. The Morgan fingerprint density at radius 2 is 1.96 bits per heavy atom. The topological polar surface area (TPSA) is 86.0 Å². The smallest absolute Gasteiger partial charge is 0.208 e. The molecule has 0 aliphatic rings. The van der Waals surface area contributed by atoms with Crippen LogP contribution in [0.4, 0.5) is 0 Å². The van der Waals surface area contributed by atoms with Crippen LogP contribution in [-0.4, -0.2) is 35.2 Å². The van der Waals surface area contributed by atoms with Gasteiger partial charge in [0.1, 0.15) is 11.5 Å². The lowest BCUT2D eigenvalue weighted by Gasteiger charge is -2.06. The Kier molecular flexibility index (Phi) is 6.74. The molecule has 0 saturated heterocycles. The summed E-state index contributed by atoms with van der Waals surface area (Å²) in [5.41, 5.74) is 7.61. The molecular weight excluding hydrogens is 324 g/mol. The van der Waals surface area contributed by atoms with Crippen molar-refractivity contribution in [3.05, 3.63) is 42.1 Å². The zero-order chi connectivity index (χ0) is 17.4. The lowest BCUT2D eigenvalue weighted by Crippen LogP contribution is -1.98. The molecule has 2 rings (SSSR count). The van der Waals surface area contributed by atoms with Crippen LogP contribution in [0.3, 0.4) is 0 Å². The number of nitrogens with one attached hydrogen (secondary N) is 1. The summed E-state index contributed by atoms with van der Waals surface area (Å²) in [5, 5.41) is 7.87. The molecule has 0 aliphatic heterocycles. The summed E-state index contributed by atoms with van der Waals surface area (Å²) in [5.74, 6) is 2.90. The van der Waals surface area contributed by atoms with Gasteiger partial charge in [-0.05, 0) is 31.6 Å². The van der Waals surface area contributed by atoms with Gasteiger partial charge in [-0.25, -0.2) is 4.98 Å². The average Bonchev–Trinajstić information content (AvgIpc) is 3.08. The second-order valence-electron chi connectivity index (χ2n) is 4.93. The number of ether oxygens (including phenoxy) is 2. The van der Waals surface area contributed by atoms with Crippen molar-refractivity contribution in [3.63, 3.8) is 0 Å². The third-order valence-electron chi connectivity index (χ3n) is 3.21. The van der Waals surface area contributed by atoms with E-state index >= 15 is 0 Å². The number of nitrogens with zero attached hydrogens (tertiary/aromatic N) is 2. The monoisotopic (exact) mass is 346 g/mol. The molecule has 0 fully saturated rings. The highest BCUT2D eigenvalue weighted by molar-refractivity contribution is 7.99. The van der Waals surface area contributed by atoms with E-state index in [1.54, 1.807) is 26.0 Å². The average molecular weight is 346 g/mol. The highest BCUT2D eigenvalue weighted by Gasteiger charge is 2.09. The highest BCUT2D eigenvalue weighted by Crippen LogP contribution is 2.28. The van der Waals surface area contributed by atoms with E-state index in [4.69, 9.17) is 15.2 Å². The van der Waals surface area contributed by atoms with Crippen molar-refractivity contribution < 1.29 is 9.47 Å². The van der Waals surface area contributed by atoms with E-state index in [2.05, 4.69) is 15.2 Å². The molecule has 1 heterocycles. The number of hydrogen-bond acceptors (Lipinski definition) is 6. The third kappa shape index (κ3) is 5.06. The number of rotatable bonds is 8. The van der Waals surface area contributed by atoms with Crippen LogP contribution in [0.15, 0.2) is 47.3 Å². The van der Waals surface area contributed by atoms with Crippen molar-refractivity contribution >= 4 is 11.8 Å². The van der Waals surface area contributed by atoms with E-state index in [0.29, 0.717) is 22.5 Å². The van der Waals surface area contributed by atoms with Crippen LogP contribution in [0, 0.1) is 0 Å². The predicted octanol–water partition coefficient (Wildman–Crippen LogP) is 3.39. The van der Waals surface area contributed by atoms with Crippen LogP contribution in [0.1, 0.15) is 13.3 Å². The number of aromatic nitrogens is 3. The summed E-state index contributed by atoms with van der Waals surface area (Å²) in [6.07, 6.45) is 6.57. The first kappa shape index (κ1) is 17.9. The summed E-state index contributed by atoms with van der Waals surface area (Å²) in [4.78, 5) is 4.50. The molecule has 128 valence electrons. The minimum atomic E-state index is 0.673. The van der Waals surface area contributed by atoms with Crippen LogP contribution in [0.2, 0.25) is 0 Å². The number of allylic oxidation sites excluding steroid dienone is 4. The number of H-pyrrole nitrogens is 1. The Hall–Kier alpha value is -2.41. The van der Waals surface area contributed by atoms with Gasteiger partial charge in [0.15, 0.2) is 5.82 Å². The molecule has 7 heteroatoms. The number of hydrogen-bond donors (Lipinski definition) is 2. The van der Waals surface area contributed by atoms with E-state index in [0.717, 1.165) is 23.4 Å². The standard InChI is InChI=1S/C17H22N4O2S/c1-4-5-6-13(18)7-8-24-17-19-16(20-21-17)12-9-14(22-2)11-15(10-12)23-3/h4-6,9-11H,7-8,18H2,1-3H3,(H,19,20,21)/b5-4-,13-6-. The van der Waals surface area contributed by atoms with Crippen molar-refractivity contribution in [2.45, 2.75) is 18.5 Å². The van der Waals surface area contributed by atoms with E-state index in [9.17, 15) is 0 Å². The minimum Gasteiger partial charge on any atom is -0.497 e. The molecule has 0 saturated carbocycles. The predicted molar refractivity (Wildman–Crippen MR) is 97.3 cm³/mol. The van der Waals surface area contributed by atoms with Crippen LogP contribution in [0.5, 0.6) is 11.5 Å². The van der Waals surface area contributed by atoms with Gasteiger partial charge in [0.2, 0.25) is 5.16 Å². The number of nitrogens with two attached hydrogens (primary N) is 1. The van der Waals surface area contributed by atoms with Crippen LogP contribution in [0.25, 0.3) is 11.4 Å². The van der Waals surface area contributed by atoms with E-state index < -0.39 is 0 Å². The van der Waals surface area contributed by atoms with Crippen LogP contribution in [-0.2, 0) is 0 Å². The number of thioether (sulfide) groups is 1. The Balaban J connectivity index is 2.03. The summed E-state index contributed by atoms with van der Waals surface area (Å²) in [7, 11) is 3.23. The van der Waals surface area contributed by atoms with Gasteiger partial charge >= 0.3 is 0 Å². The van der Waals surface area contributed by atoms with Gasteiger partial charge in [0.25, 0.3) is 0 Å². The van der Waals surface area contributed by atoms with Gasteiger partial charge in [0, 0.05) is 23.1 Å². The molecule has 0 spiro atoms. The molecular formula is C17H22N4O2S. The summed E-state index contributed by atoms with van der Waals surface area (Å²) in [6, 6.07) is 5.58. The Bertz CT molecular complexity index is 703. The fourth-order valence-electron chi connectivity index (χ4n) is 1.95. The third-order valence-corrected chi connectivity index (χ3v) is 4.06. The molecule has 0 unspecified atom stereocenters. The second kappa shape index (κ2) is 9.02. The molecule has 0 amide bonds. The maximum atomic E-state index is 5.90. The first-order valence-electron chi connectivity index (χ1n) is 7.52. The minimum absolute atomic E-state index is 0.673. The number of benzene rings is 1. The number of methoxy groups -OCH3 is 2. The van der Waals surface area contributed by atoms with Crippen molar-refractivity contribution in [1.82, 2.24) is 15.2 Å². The Morgan fingerprint density at radius 3 is 2.58 bits per heavy atom. The maximum Gasteiger partial charge on any atom is 0.208 e. The van der Waals surface area contributed by atoms with Gasteiger partial charge in [0.05, 0.1) is 14.2 Å². The first-order chi connectivity index (χ1) is 11.7. The SMILES string of the molecule is C/C=C\C=C(/N)CCSc1n[nH]c(-c2cc(OC)cc(OC)c2)n1. The van der Waals surface area contributed by atoms with Gasteiger partial charge in [-0.1, -0.05) is 23.9 Å². The molecule has 0 atom stereocenters. The van der Waals surface area contributed by atoms with Crippen molar-refractivity contribution in [2.75, 3.05) is 20.0 Å². The summed E-state index contributed by atoms with van der Waals surface area (Å²) in [6.45, 7) is 1.96. The zero-order valence-corrected chi connectivity index (χ0v) is 14.9. The van der Waals surface area contributed by atoms with Gasteiger partial charge in [-0.2, -0.15) is 0 Å². The quantitative estimate of drug-likeness (QED) is 0.563. The number of aromatic amines is 1. The lowest BCUT2D eigenvalue weighted by molar-refractivity contribution is 0.394. The largest absolute Gasteiger partial charge is 0.497 e. The lowest BCUT2D eigenvalue weighted by atomic mass is 10.2. The molecule has 2 aromatic rings. The molecule has 1 aromatic carbocycles. The van der Waals surface area contributed by atoms with E-state index in [1.165, 1.54) is 0 Å². The van der Waals surface area contributed by atoms with E-state index in [-0.39, 0.29) is 0 Å². The van der Waals surface area contributed by atoms with E-state index in [1.807, 2.05) is 43.4 Å². The maximum absolute atomic E-state index is 5.90. The molecule has 0 aliphatic carbocycles. The van der Waals surface area contributed by atoms with Crippen molar-refractivity contribution in [2.24, 2.45) is 5.73 Å². The van der Waals surface area contributed by atoms with Crippen molar-refractivity contribution in [3.8, 4) is 22.9 Å². The fraction of sp³-hybridized carbons (Fsp3) is 0.294.